The van der Waals surface area contributed by atoms with Gasteiger partial charge in [0.25, 0.3) is 5.91 Å². The summed E-state index contributed by atoms with van der Waals surface area (Å²) < 4.78 is 23.7. The molecular formula is C17H21FN4O3. The van der Waals surface area contributed by atoms with Crippen molar-refractivity contribution < 1.29 is 18.3 Å². The number of nitrogens with zero attached hydrogens (tertiary/aromatic N) is 4. The van der Waals surface area contributed by atoms with Gasteiger partial charge in [-0.05, 0) is 30.7 Å². The number of carbonyl (C=O) groups is 1. The molecule has 2 heterocycles. The molecule has 0 bridgehead atoms. The number of aryl methyl sites for hydroxylation is 1. The van der Waals surface area contributed by atoms with Gasteiger partial charge < -0.3 is 14.1 Å². The summed E-state index contributed by atoms with van der Waals surface area (Å²) in [5.41, 5.74) is 0. The van der Waals surface area contributed by atoms with Crippen molar-refractivity contribution in [1.82, 2.24) is 20.0 Å². The van der Waals surface area contributed by atoms with E-state index < -0.39 is 0 Å². The molecule has 1 aliphatic heterocycles. The van der Waals surface area contributed by atoms with Crippen molar-refractivity contribution in [2.45, 2.75) is 19.9 Å². The van der Waals surface area contributed by atoms with Gasteiger partial charge in [0.1, 0.15) is 11.6 Å². The molecule has 8 heteroatoms. The molecular weight excluding hydrogens is 327 g/mol. The van der Waals surface area contributed by atoms with Crippen molar-refractivity contribution in [2.75, 3.05) is 32.8 Å². The van der Waals surface area contributed by atoms with E-state index in [1.54, 1.807) is 11.8 Å². The van der Waals surface area contributed by atoms with E-state index in [9.17, 15) is 9.18 Å². The maximum Gasteiger partial charge on any atom is 0.260 e. The fraction of sp³-hybridized carbons (Fsp3) is 0.471. The maximum absolute atomic E-state index is 12.9. The monoisotopic (exact) mass is 348 g/mol. The summed E-state index contributed by atoms with van der Waals surface area (Å²) in [4.78, 5) is 16.3. The Morgan fingerprint density at radius 3 is 2.72 bits per heavy atom. The van der Waals surface area contributed by atoms with Crippen LogP contribution in [0.4, 0.5) is 4.39 Å². The second-order valence-electron chi connectivity index (χ2n) is 5.97. The summed E-state index contributed by atoms with van der Waals surface area (Å²) in [6.07, 6.45) is 0.870. The zero-order valence-corrected chi connectivity index (χ0v) is 14.2. The molecule has 1 fully saturated rings. The Morgan fingerprint density at radius 1 is 1.20 bits per heavy atom. The molecule has 7 nitrogen and oxygen atoms in total. The van der Waals surface area contributed by atoms with Crippen molar-refractivity contribution in [2.24, 2.45) is 0 Å². The number of rotatable bonds is 5. The summed E-state index contributed by atoms with van der Waals surface area (Å²) in [5.74, 6) is 1.23. The summed E-state index contributed by atoms with van der Waals surface area (Å²) in [6.45, 7) is 5.22. The minimum atomic E-state index is -0.331. The second-order valence-corrected chi connectivity index (χ2v) is 5.97. The fourth-order valence-electron chi connectivity index (χ4n) is 2.74. The maximum atomic E-state index is 12.9. The predicted molar refractivity (Wildman–Crippen MR) is 87.4 cm³/mol. The smallest absolute Gasteiger partial charge is 0.260 e. The summed E-state index contributed by atoms with van der Waals surface area (Å²) in [7, 11) is 0. The molecule has 1 aromatic carbocycles. The number of carbonyl (C=O) groups excluding carboxylic acids is 1. The third-order valence-electron chi connectivity index (χ3n) is 4.04. The number of hydrogen-bond acceptors (Lipinski definition) is 6. The van der Waals surface area contributed by atoms with Crippen LogP contribution in [0.1, 0.15) is 18.2 Å². The van der Waals surface area contributed by atoms with Crippen molar-refractivity contribution in [3.8, 4) is 5.75 Å². The quantitative estimate of drug-likeness (QED) is 0.818. The average molecular weight is 348 g/mol. The van der Waals surface area contributed by atoms with E-state index in [-0.39, 0.29) is 18.3 Å². The van der Waals surface area contributed by atoms with Gasteiger partial charge in [0.05, 0.1) is 6.54 Å². The van der Waals surface area contributed by atoms with Crippen LogP contribution in [-0.4, -0.2) is 58.7 Å². The first kappa shape index (κ1) is 17.3. The first-order valence-corrected chi connectivity index (χ1v) is 8.27. The lowest BCUT2D eigenvalue weighted by Gasteiger charge is -2.21. The normalized spacial score (nSPS) is 15.8. The van der Waals surface area contributed by atoms with Gasteiger partial charge in [0, 0.05) is 33.1 Å². The van der Waals surface area contributed by atoms with E-state index >= 15 is 0 Å². The van der Waals surface area contributed by atoms with E-state index in [0.717, 1.165) is 19.5 Å². The third-order valence-corrected chi connectivity index (χ3v) is 4.04. The lowest BCUT2D eigenvalue weighted by Crippen LogP contribution is -2.38. The molecule has 134 valence electrons. The van der Waals surface area contributed by atoms with Crippen LogP contribution in [0.2, 0.25) is 0 Å². The van der Waals surface area contributed by atoms with Crippen molar-refractivity contribution in [3.05, 3.63) is 41.9 Å². The van der Waals surface area contributed by atoms with Gasteiger partial charge in [-0.15, -0.1) is 10.2 Å². The minimum absolute atomic E-state index is 0.0471. The van der Waals surface area contributed by atoms with E-state index in [2.05, 4.69) is 15.1 Å². The van der Waals surface area contributed by atoms with Gasteiger partial charge in [0.2, 0.25) is 11.8 Å². The molecule has 1 amide bonds. The van der Waals surface area contributed by atoms with Gasteiger partial charge in [-0.1, -0.05) is 0 Å². The summed E-state index contributed by atoms with van der Waals surface area (Å²) in [5, 5.41) is 7.84. The standard InChI is InChI=1S/C17H21FN4O3/c1-13-19-20-16(25-13)11-21-7-2-8-22(10-9-21)17(23)12-24-15-5-3-14(18)4-6-15/h3-6H,2,7-12H2,1H3. The molecule has 0 saturated carbocycles. The molecule has 1 aromatic heterocycles. The lowest BCUT2D eigenvalue weighted by atomic mass is 10.3. The van der Waals surface area contributed by atoms with E-state index in [1.807, 2.05) is 0 Å². The Bertz CT molecular complexity index is 704. The molecule has 1 aliphatic rings. The van der Waals surface area contributed by atoms with Crippen LogP contribution in [0.25, 0.3) is 0 Å². The Balaban J connectivity index is 1.46. The van der Waals surface area contributed by atoms with E-state index in [4.69, 9.17) is 9.15 Å². The van der Waals surface area contributed by atoms with Crippen LogP contribution in [-0.2, 0) is 11.3 Å². The molecule has 0 aliphatic carbocycles. The van der Waals surface area contributed by atoms with Gasteiger partial charge in [-0.3, -0.25) is 9.69 Å². The van der Waals surface area contributed by atoms with E-state index in [0.29, 0.717) is 37.2 Å². The number of hydrogen-bond donors (Lipinski definition) is 0. The summed E-state index contributed by atoms with van der Waals surface area (Å²) in [6, 6.07) is 5.64. The number of ether oxygens (including phenoxy) is 1. The van der Waals surface area contributed by atoms with Gasteiger partial charge >= 0.3 is 0 Å². The second kappa shape index (κ2) is 8.06. The average Bonchev–Trinajstić information content (AvgIpc) is 2.87. The van der Waals surface area contributed by atoms with Gasteiger partial charge in [-0.25, -0.2) is 4.39 Å². The molecule has 0 spiro atoms. The highest BCUT2D eigenvalue weighted by Crippen LogP contribution is 2.12. The molecule has 25 heavy (non-hydrogen) atoms. The lowest BCUT2D eigenvalue weighted by molar-refractivity contribution is -0.133. The molecule has 0 unspecified atom stereocenters. The van der Waals surface area contributed by atoms with Gasteiger partial charge in [0.15, 0.2) is 6.61 Å². The van der Waals surface area contributed by atoms with Crippen molar-refractivity contribution in [3.63, 3.8) is 0 Å². The molecule has 3 rings (SSSR count). The Hall–Kier alpha value is -2.48. The van der Waals surface area contributed by atoms with Gasteiger partial charge in [-0.2, -0.15) is 0 Å². The third kappa shape index (κ3) is 4.99. The largest absolute Gasteiger partial charge is 0.484 e. The molecule has 0 atom stereocenters. The zero-order valence-electron chi connectivity index (χ0n) is 14.2. The van der Waals surface area contributed by atoms with E-state index in [1.165, 1.54) is 24.3 Å². The molecule has 2 aromatic rings. The zero-order chi connectivity index (χ0) is 17.6. The Labute approximate surface area is 145 Å². The number of aromatic nitrogens is 2. The first-order valence-electron chi connectivity index (χ1n) is 8.27. The van der Waals surface area contributed by atoms with Crippen LogP contribution < -0.4 is 4.74 Å². The number of halogens is 1. The summed E-state index contributed by atoms with van der Waals surface area (Å²) >= 11 is 0. The molecule has 1 saturated heterocycles. The fourth-order valence-corrected chi connectivity index (χ4v) is 2.74. The Kier molecular flexibility index (Phi) is 5.60. The minimum Gasteiger partial charge on any atom is -0.484 e. The molecule has 0 N–H and O–H groups in total. The SMILES string of the molecule is Cc1nnc(CN2CCCN(C(=O)COc3ccc(F)cc3)CC2)o1. The highest BCUT2D eigenvalue weighted by molar-refractivity contribution is 5.77. The van der Waals surface area contributed by atoms with Crippen molar-refractivity contribution >= 4 is 5.91 Å². The first-order chi connectivity index (χ1) is 12.1. The van der Waals surface area contributed by atoms with Crippen LogP contribution >= 0.6 is 0 Å². The topological polar surface area (TPSA) is 71.7 Å². The highest BCUT2D eigenvalue weighted by atomic mass is 19.1. The van der Waals surface area contributed by atoms with Crippen molar-refractivity contribution in [1.29, 1.82) is 0 Å². The van der Waals surface area contributed by atoms with Crippen LogP contribution in [0.15, 0.2) is 28.7 Å². The van der Waals surface area contributed by atoms with Crippen LogP contribution in [0.3, 0.4) is 0 Å². The van der Waals surface area contributed by atoms with Crippen LogP contribution in [0, 0.1) is 12.7 Å². The predicted octanol–water partition coefficient (Wildman–Crippen LogP) is 1.63. The highest BCUT2D eigenvalue weighted by Gasteiger charge is 2.20. The van der Waals surface area contributed by atoms with Crippen LogP contribution in [0.5, 0.6) is 5.75 Å². The number of amides is 1. The number of benzene rings is 1. The Morgan fingerprint density at radius 2 is 2.00 bits per heavy atom. The molecule has 0 radical (unpaired) electrons.